The van der Waals surface area contributed by atoms with Crippen molar-refractivity contribution < 1.29 is 19.0 Å². The Morgan fingerprint density at radius 3 is 2.24 bits per heavy atom. The quantitative estimate of drug-likeness (QED) is 0.570. The molecule has 1 fully saturated rings. The molecule has 2 heterocycles. The van der Waals surface area contributed by atoms with E-state index in [0.29, 0.717) is 11.8 Å². The summed E-state index contributed by atoms with van der Waals surface area (Å²) in [4.78, 5) is 18.8. The number of hydrogen-bond donors (Lipinski definition) is 0. The van der Waals surface area contributed by atoms with Gasteiger partial charge in [0, 0.05) is 46.3 Å². The van der Waals surface area contributed by atoms with Crippen molar-refractivity contribution >= 4 is 27.6 Å². The minimum absolute atomic E-state index is 0.0855. The number of hydrogen-bond acceptors (Lipinski definition) is 5. The van der Waals surface area contributed by atoms with Gasteiger partial charge in [0.1, 0.15) is 5.75 Å². The molecule has 174 valence electrons. The summed E-state index contributed by atoms with van der Waals surface area (Å²) in [7, 11) is 8.68. The smallest absolute Gasteiger partial charge is 0.319 e. The Labute approximate surface area is 194 Å². The van der Waals surface area contributed by atoms with Crippen LogP contribution in [0.15, 0.2) is 30.3 Å². The Kier molecular flexibility index (Phi) is 5.44. The first-order valence-corrected chi connectivity index (χ1v) is 11.3. The van der Waals surface area contributed by atoms with Crippen LogP contribution in [0, 0.1) is 0 Å². The van der Waals surface area contributed by atoms with E-state index in [1.165, 1.54) is 21.9 Å². The highest BCUT2D eigenvalue weighted by atomic mass is 16.5. The van der Waals surface area contributed by atoms with Crippen LogP contribution in [0.5, 0.6) is 17.2 Å². The van der Waals surface area contributed by atoms with E-state index in [1.807, 2.05) is 25.1 Å². The van der Waals surface area contributed by atoms with Crippen LogP contribution in [-0.2, 0) is 13.0 Å². The van der Waals surface area contributed by atoms with Crippen molar-refractivity contribution in [3.8, 4) is 17.2 Å². The third-order valence-corrected chi connectivity index (χ3v) is 7.11. The molecule has 1 saturated heterocycles. The maximum Gasteiger partial charge on any atom is 0.319 e. The molecule has 0 saturated carbocycles. The molecule has 33 heavy (non-hydrogen) atoms. The average molecular weight is 450 g/mol. The van der Waals surface area contributed by atoms with Crippen LogP contribution in [-0.4, -0.2) is 81.8 Å². The molecule has 0 unspecified atom stereocenters. The van der Waals surface area contributed by atoms with Crippen molar-refractivity contribution in [2.75, 3.05) is 55.1 Å². The summed E-state index contributed by atoms with van der Waals surface area (Å²) in [6.07, 6.45) is 0.889. The second kappa shape index (κ2) is 8.30. The van der Waals surface area contributed by atoms with Gasteiger partial charge >= 0.3 is 6.03 Å². The number of nitrogens with zero attached hydrogens (tertiary/aromatic N) is 3. The molecule has 3 aromatic carbocycles. The monoisotopic (exact) mass is 449 g/mol. The molecule has 0 radical (unpaired) electrons. The van der Waals surface area contributed by atoms with Crippen molar-refractivity contribution in [3.63, 3.8) is 0 Å². The van der Waals surface area contributed by atoms with Crippen molar-refractivity contribution in [2.45, 2.75) is 19.0 Å². The topological polar surface area (TPSA) is 54.5 Å². The van der Waals surface area contributed by atoms with Crippen LogP contribution in [0.3, 0.4) is 0 Å². The van der Waals surface area contributed by atoms with Gasteiger partial charge in [-0.05, 0) is 63.4 Å². The second-order valence-electron chi connectivity index (χ2n) is 9.07. The van der Waals surface area contributed by atoms with Gasteiger partial charge in [0.05, 0.1) is 21.3 Å². The summed E-state index contributed by atoms with van der Waals surface area (Å²) in [5.74, 6) is 2.28. The summed E-state index contributed by atoms with van der Waals surface area (Å²) >= 11 is 0. The first kappa shape index (κ1) is 21.6. The van der Waals surface area contributed by atoms with E-state index >= 15 is 0 Å². The van der Waals surface area contributed by atoms with Gasteiger partial charge in [-0.25, -0.2) is 4.79 Å². The SMILES string of the molecule is COc1ccc2c3c(c4cc(OC)c(OC)cc4c2c1)C[C@@H]1CN(C(=O)N(C)C)CCN1C3. The zero-order valence-corrected chi connectivity index (χ0v) is 20.0. The van der Waals surface area contributed by atoms with Crippen LogP contribution in [0.1, 0.15) is 11.1 Å². The van der Waals surface area contributed by atoms with Crippen LogP contribution in [0.4, 0.5) is 4.79 Å². The maximum atomic E-state index is 12.6. The van der Waals surface area contributed by atoms with Gasteiger partial charge in [-0.3, -0.25) is 4.90 Å². The summed E-state index contributed by atoms with van der Waals surface area (Å²) in [5, 5.41) is 4.71. The molecule has 5 rings (SSSR count). The Morgan fingerprint density at radius 2 is 1.58 bits per heavy atom. The van der Waals surface area contributed by atoms with E-state index in [2.05, 4.69) is 29.2 Å². The van der Waals surface area contributed by atoms with Crippen molar-refractivity contribution in [2.24, 2.45) is 0 Å². The normalized spacial score (nSPS) is 18.1. The van der Waals surface area contributed by atoms with Crippen molar-refractivity contribution in [3.05, 3.63) is 41.5 Å². The number of carbonyl (C=O) groups is 1. The fourth-order valence-electron chi connectivity index (χ4n) is 5.42. The lowest BCUT2D eigenvalue weighted by Gasteiger charge is -2.45. The Balaban J connectivity index is 1.69. The number of methoxy groups -OCH3 is 3. The third-order valence-electron chi connectivity index (χ3n) is 7.11. The first-order valence-electron chi connectivity index (χ1n) is 11.3. The fraction of sp³-hybridized carbons (Fsp3) is 0.423. The first-order chi connectivity index (χ1) is 15.9. The van der Waals surface area contributed by atoms with Crippen LogP contribution < -0.4 is 14.2 Å². The second-order valence-corrected chi connectivity index (χ2v) is 9.07. The minimum atomic E-state index is 0.0855. The van der Waals surface area contributed by atoms with Gasteiger partial charge < -0.3 is 24.0 Å². The van der Waals surface area contributed by atoms with Crippen LogP contribution in [0.25, 0.3) is 21.5 Å². The molecule has 0 aliphatic carbocycles. The lowest BCUT2D eigenvalue weighted by Crippen LogP contribution is -2.58. The van der Waals surface area contributed by atoms with Gasteiger partial charge in [-0.1, -0.05) is 6.07 Å². The van der Waals surface area contributed by atoms with E-state index in [1.54, 1.807) is 26.2 Å². The standard InChI is InChI=1S/C26H31N3O4/c1-27(2)26(30)29-9-8-28-15-23-18-7-6-17(31-3)11-20(18)22-13-25(33-5)24(32-4)12-21(22)19(23)10-16(28)14-29/h6-7,11-13,16H,8-10,14-15H2,1-5H3/t16-/m1/s1. The molecule has 2 aliphatic heterocycles. The number of amides is 2. The molecule has 0 N–H and O–H groups in total. The fourth-order valence-corrected chi connectivity index (χ4v) is 5.42. The lowest BCUT2D eigenvalue weighted by atomic mass is 9.84. The Bertz CT molecular complexity index is 1240. The largest absolute Gasteiger partial charge is 0.497 e. The lowest BCUT2D eigenvalue weighted by molar-refractivity contribution is 0.0688. The predicted molar refractivity (Wildman–Crippen MR) is 130 cm³/mol. The molecule has 0 spiro atoms. The molecule has 7 heteroatoms. The minimum Gasteiger partial charge on any atom is -0.497 e. The predicted octanol–water partition coefficient (Wildman–Crippen LogP) is 3.74. The van der Waals surface area contributed by atoms with Crippen LogP contribution >= 0.6 is 0 Å². The number of piperazine rings is 1. The van der Waals surface area contributed by atoms with Gasteiger partial charge in [0.2, 0.25) is 0 Å². The number of urea groups is 1. The summed E-state index contributed by atoms with van der Waals surface area (Å²) in [5.41, 5.74) is 2.69. The van der Waals surface area contributed by atoms with Gasteiger partial charge in [0.25, 0.3) is 0 Å². The van der Waals surface area contributed by atoms with Gasteiger partial charge in [-0.15, -0.1) is 0 Å². The summed E-state index contributed by atoms with van der Waals surface area (Å²) in [6, 6.07) is 10.9. The van der Waals surface area contributed by atoms with E-state index in [-0.39, 0.29) is 6.03 Å². The zero-order chi connectivity index (χ0) is 23.3. The van der Waals surface area contributed by atoms with E-state index < -0.39 is 0 Å². The number of fused-ring (bicyclic) bond motifs is 7. The molecule has 2 amide bonds. The molecular formula is C26H31N3O4. The molecule has 2 aliphatic rings. The molecule has 7 nitrogen and oxygen atoms in total. The molecule has 1 atom stereocenters. The highest BCUT2D eigenvalue weighted by Gasteiger charge is 2.35. The third kappa shape index (κ3) is 3.51. The summed E-state index contributed by atoms with van der Waals surface area (Å²) in [6.45, 7) is 3.25. The number of carbonyl (C=O) groups excluding carboxylic acids is 1. The van der Waals surface area contributed by atoms with Gasteiger partial charge in [-0.2, -0.15) is 0 Å². The maximum absolute atomic E-state index is 12.6. The highest BCUT2D eigenvalue weighted by Crippen LogP contribution is 2.43. The average Bonchev–Trinajstić information content (AvgIpc) is 2.85. The molecule has 0 aromatic heterocycles. The molecular weight excluding hydrogens is 418 g/mol. The Hall–Kier alpha value is -3.19. The molecule has 0 bridgehead atoms. The van der Waals surface area contributed by atoms with E-state index in [0.717, 1.165) is 54.9 Å². The Morgan fingerprint density at radius 1 is 0.879 bits per heavy atom. The molecule has 3 aromatic rings. The number of rotatable bonds is 3. The van der Waals surface area contributed by atoms with Crippen LogP contribution in [0.2, 0.25) is 0 Å². The number of benzene rings is 3. The number of ether oxygens (including phenoxy) is 3. The van der Waals surface area contributed by atoms with Crippen molar-refractivity contribution in [1.82, 2.24) is 14.7 Å². The highest BCUT2D eigenvalue weighted by molar-refractivity contribution is 6.12. The summed E-state index contributed by atoms with van der Waals surface area (Å²) < 4.78 is 16.8. The van der Waals surface area contributed by atoms with Gasteiger partial charge in [0.15, 0.2) is 11.5 Å². The van der Waals surface area contributed by atoms with E-state index in [9.17, 15) is 4.79 Å². The van der Waals surface area contributed by atoms with Crippen molar-refractivity contribution in [1.29, 1.82) is 0 Å². The van der Waals surface area contributed by atoms with E-state index in [4.69, 9.17) is 14.2 Å². The zero-order valence-electron chi connectivity index (χ0n) is 20.0.